The molecule has 1 amide bonds. The van der Waals surface area contributed by atoms with Crippen LogP contribution in [-0.4, -0.2) is 23.9 Å². The van der Waals surface area contributed by atoms with Gasteiger partial charge in [0.05, 0.1) is 15.1 Å². The van der Waals surface area contributed by atoms with E-state index >= 15 is 0 Å². The van der Waals surface area contributed by atoms with Crippen molar-refractivity contribution < 1.29 is 4.79 Å². The van der Waals surface area contributed by atoms with Crippen LogP contribution in [0.2, 0.25) is 15.1 Å². The molecule has 3 aromatic rings. The molecule has 3 aromatic carbocycles. The minimum absolute atomic E-state index is 0. The Bertz CT molecular complexity index is 1060. The largest absolute Gasteiger partial charge is 0.322 e. The number of amides is 1. The first-order chi connectivity index (χ1) is 15.0. The molecule has 1 N–H and O–H groups in total. The number of nitrogens with zero attached hydrogens (tertiary/aromatic N) is 1. The van der Waals surface area contributed by atoms with Crippen molar-refractivity contribution in [1.82, 2.24) is 4.90 Å². The summed E-state index contributed by atoms with van der Waals surface area (Å²) >= 11 is 18.2. The van der Waals surface area contributed by atoms with Gasteiger partial charge in [-0.05, 0) is 66.9 Å². The van der Waals surface area contributed by atoms with E-state index in [0.717, 1.165) is 36.3 Å². The van der Waals surface area contributed by atoms with Gasteiger partial charge in [0.1, 0.15) is 0 Å². The summed E-state index contributed by atoms with van der Waals surface area (Å²) in [6, 6.07) is 19.4. The van der Waals surface area contributed by atoms with Crippen molar-refractivity contribution in [3.63, 3.8) is 0 Å². The van der Waals surface area contributed by atoms with Crippen molar-refractivity contribution in [3.8, 4) is 11.1 Å². The van der Waals surface area contributed by atoms with Crippen LogP contribution in [0.15, 0.2) is 60.7 Å². The highest BCUT2D eigenvalue weighted by atomic mass is 35.5. The number of rotatable bonds is 5. The molecule has 1 fully saturated rings. The second-order valence-corrected chi connectivity index (χ2v) is 8.98. The summed E-state index contributed by atoms with van der Waals surface area (Å²) in [5.74, 6) is -0.214. The topological polar surface area (TPSA) is 32.3 Å². The van der Waals surface area contributed by atoms with E-state index in [1.165, 1.54) is 19.3 Å². The molecular formula is C25H24Cl4N2O. The Morgan fingerprint density at radius 3 is 2.19 bits per heavy atom. The van der Waals surface area contributed by atoms with E-state index < -0.39 is 0 Å². The van der Waals surface area contributed by atoms with Crippen molar-refractivity contribution >= 4 is 58.8 Å². The normalized spacial score (nSPS) is 14.0. The lowest BCUT2D eigenvalue weighted by Crippen LogP contribution is -2.29. The zero-order valence-electron chi connectivity index (χ0n) is 17.4. The number of nitrogens with one attached hydrogen (secondary N) is 1. The number of benzene rings is 3. The minimum atomic E-state index is -0.214. The van der Waals surface area contributed by atoms with Crippen LogP contribution in [0, 0.1) is 0 Å². The van der Waals surface area contributed by atoms with Gasteiger partial charge in [-0.2, -0.15) is 0 Å². The molecule has 0 saturated carbocycles. The predicted octanol–water partition coefficient (Wildman–Crippen LogP) is 7.97. The highest BCUT2D eigenvalue weighted by molar-refractivity contribution is 6.48. The molecule has 3 nitrogen and oxygen atoms in total. The summed E-state index contributed by atoms with van der Waals surface area (Å²) in [6.45, 7) is 3.00. The van der Waals surface area contributed by atoms with Crippen molar-refractivity contribution in [2.24, 2.45) is 0 Å². The average molecular weight is 510 g/mol. The van der Waals surface area contributed by atoms with Crippen molar-refractivity contribution in [1.29, 1.82) is 0 Å². The van der Waals surface area contributed by atoms with Crippen LogP contribution in [0.5, 0.6) is 0 Å². The third-order valence-corrected chi connectivity index (χ3v) is 6.73. The van der Waals surface area contributed by atoms with Crippen LogP contribution in [0.1, 0.15) is 35.2 Å². The fourth-order valence-electron chi connectivity index (χ4n) is 3.95. The Kier molecular flexibility index (Phi) is 8.87. The molecule has 0 spiro atoms. The quantitative estimate of drug-likeness (QED) is 0.353. The van der Waals surface area contributed by atoms with Gasteiger partial charge in [-0.25, -0.2) is 0 Å². The SMILES string of the molecule is Cl.O=C(Nc1cc(Cl)c(Cl)c(Cl)c1)c1ccc(-c2ccccc2)c(CN2CCCCC2)c1. The van der Waals surface area contributed by atoms with E-state index in [1.54, 1.807) is 12.1 Å². The van der Waals surface area contributed by atoms with Crippen LogP contribution < -0.4 is 5.32 Å². The van der Waals surface area contributed by atoms with Crippen LogP contribution in [0.3, 0.4) is 0 Å². The monoisotopic (exact) mass is 508 g/mol. The molecule has 1 heterocycles. The zero-order valence-corrected chi connectivity index (χ0v) is 20.5. The summed E-state index contributed by atoms with van der Waals surface area (Å²) < 4.78 is 0. The first-order valence-corrected chi connectivity index (χ1v) is 11.5. The van der Waals surface area contributed by atoms with E-state index in [-0.39, 0.29) is 23.3 Å². The molecule has 1 aliphatic rings. The summed E-state index contributed by atoms with van der Waals surface area (Å²) in [4.78, 5) is 15.4. The Labute approximate surface area is 210 Å². The van der Waals surface area contributed by atoms with Gasteiger partial charge >= 0.3 is 0 Å². The molecule has 1 aliphatic heterocycles. The number of likely N-dealkylation sites (tertiary alicyclic amines) is 1. The van der Waals surface area contributed by atoms with Gasteiger partial charge in [-0.3, -0.25) is 9.69 Å². The molecule has 0 unspecified atom stereocenters. The predicted molar refractivity (Wildman–Crippen MR) is 138 cm³/mol. The molecule has 0 aromatic heterocycles. The molecule has 1 saturated heterocycles. The number of hydrogen-bond acceptors (Lipinski definition) is 2. The van der Waals surface area contributed by atoms with Gasteiger partial charge in [0.2, 0.25) is 0 Å². The molecule has 7 heteroatoms. The Morgan fingerprint density at radius 2 is 1.53 bits per heavy atom. The standard InChI is InChI=1S/C25H23Cl3N2O.ClH/c26-22-14-20(15-23(27)24(22)28)29-25(31)18-9-10-21(17-7-3-1-4-8-17)19(13-18)16-30-11-5-2-6-12-30;/h1,3-4,7-10,13-15H,2,5-6,11-12,16H2,(H,29,31);1H. The van der Waals surface area contributed by atoms with Crippen LogP contribution >= 0.6 is 47.2 Å². The lowest BCUT2D eigenvalue weighted by atomic mass is 9.96. The lowest BCUT2D eigenvalue weighted by molar-refractivity contribution is 0.102. The van der Waals surface area contributed by atoms with Gasteiger partial charge in [0.15, 0.2) is 0 Å². The fraction of sp³-hybridized carbons (Fsp3) is 0.240. The maximum absolute atomic E-state index is 13.0. The third-order valence-electron chi connectivity index (χ3n) is 5.54. The van der Waals surface area contributed by atoms with Gasteiger partial charge in [0.25, 0.3) is 5.91 Å². The smallest absolute Gasteiger partial charge is 0.255 e. The van der Waals surface area contributed by atoms with Gasteiger partial charge in [0, 0.05) is 17.8 Å². The van der Waals surface area contributed by atoms with Gasteiger partial charge in [-0.15, -0.1) is 12.4 Å². The van der Waals surface area contributed by atoms with E-state index in [4.69, 9.17) is 34.8 Å². The maximum atomic E-state index is 13.0. The Hall–Kier alpha value is -1.75. The number of carbonyl (C=O) groups excluding carboxylic acids is 1. The van der Waals surface area contributed by atoms with E-state index in [0.29, 0.717) is 21.3 Å². The zero-order chi connectivity index (χ0) is 21.8. The molecule has 0 aliphatic carbocycles. The fourth-order valence-corrected chi connectivity index (χ4v) is 4.55. The van der Waals surface area contributed by atoms with Gasteiger partial charge < -0.3 is 5.32 Å². The van der Waals surface area contributed by atoms with Crippen LogP contribution in [0.25, 0.3) is 11.1 Å². The summed E-state index contributed by atoms with van der Waals surface area (Å²) in [6.07, 6.45) is 3.73. The second kappa shape index (κ2) is 11.4. The molecule has 32 heavy (non-hydrogen) atoms. The molecular weight excluding hydrogens is 486 g/mol. The molecule has 0 radical (unpaired) electrons. The number of carbonyl (C=O) groups is 1. The average Bonchev–Trinajstić information content (AvgIpc) is 2.78. The van der Waals surface area contributed by atoms with Crippen molar-refractivity contribution in [2.45, 2.75) is 25.8 Å². The number of halogens is 4. The first kappa shape index (κ1) is 24.9. The van der Waals surface area contributed by atoms with E-state index in [1.807, 2.05) is 36.4 Å². The van der Waals surface area contributed by atoms with E-state index in [9.17, 15) is 4.79 Å². The Morgan fingerprint density at radius 1 is 0.875 bits per heavy atom. The van der Waals surface area contributed by atoms with E-state index in [2.05, 4.69) is 22.3 Å². The van der Waals surface area contributed by atoms with Crippen molar-refractivity contribution in [3.05, 3.63) is 86.9 Å². The molecule has 0 bridgehead atoms. The highest BCUT2D eigenvalue weighted by Crippen LogP contribution is 2.33. The number of hydrogen-bond donors (Lipinski definition) is 1. The Balaban J connectivity index is 0.00000289. The minimum Gasteiger partial charge on any atom is -0.322 e. The first-order valence-electron chi connectivity index (χ1n) is 10.4. The molecule has 4 rings (SSSR count). The molecule has 0 atom stereocenters. The summed E-state index contributed by atoms with van der Waals surface area (Å²) in [5.41, 5.74) is 4.55. The van der Waals surface area contributed by atoms with Crippen LogP contribution in [0.4, 0.5) is 5.69 Å². The molecule has 168 valence electrons. The third kappa shape index (κ3) is 5.98. The summed E-state index contributed by atoms with van der Waals surface area (Å²) in [7, 11) is 0. The second-order valence-electron chi connectivity index (χ2n) is 7.78. The van der Waals surface area contributed by atoms with Crippen LogP contribution in [-0.2, 0) is 6.54 Å². The summed E-state index contributed by atoms with van der Waals surface area (Å²) in [5, 5.41) is 3.75. The number of anilines is 1. The lowest BCUT2D eigenvalue weighted by Gasteiger charge is -2.27. The number of piperidine rings is 1. The highest BCUT2D eigenvalue weighted by Gasteiger charge is 2.16. The maximum Gasteiger partial charge on any atom is 0.255 e. The van der Waals surface area contributed by atoms with Crippen molar-refractivity contribution in [2.75, 3.05) is 18.4 Å². The van der Waals surface area contributed by atoms with Gasteiger partial charge in [-0.1, -0.05) is 77.6 Å².